The molecule has 2 saturated heterocycles. The molecule has 23 heavy (non-hydrogen) atoms. The molecule has 1 amide bonds. The molecule has 0 saturated carbocycles. The third kappa shape index (κ3) is 2.48. The minimum Gasteiger partial charge on any atom is -0.477 e. The van der Waals surface area contributed by atoms with Gasteiger partial charge in [0.2, 0.25) is 5.91 Å². The maximum absolute atomic E-state index is 12.3. The number of carboxylic acid groups (broad SMARTS) is 1. The lowest BCUT2D eigenvalue weighted by molar-refractivity contribution is -0.163. The number of thioether (sulfide) groups is 1. The number of aliphatic hydroxyl groups excluding tert-OH is 1. The summed E-state index contributed by atoms with van der Waals surface area (Å²) in [7, 11) is 0. The molecule has 128 valence electrons. The van der Waals surface area contributed by atoms with Crippen LogP contribution in [0.4, 0.5) is 0 Å². The highest BCUT2D eigenvalue weighted by molar-refractivity contribution is 8.03. The van der Waals surface area contributed by atoms with Gasteiger partial charge < -0.3 is 25.6 Å². The van der Waals surface area contributed by atoms with Crippen LogP contribution in [0.25, 0.3) is 0 Å². The topological polar surface area (TPSA) is 113 Å². The first kappa shape index (κ1) is 16.8. The summed E-state index contributed by atoms with van der Waals surface area (Å²) in [5, 5.41) is 19.5. The van der Waals surface area contributed by atoms with E-state index in [-0.39, 0.29) is 34.7 Å². The van der Waals surface area contributed by atoms with E-state index in [4.69, 9.17) is 10.5 Å². The zero-order valence-electron chi connectivity index (χ0n) is 13.1. The van der Waals surface area contributed by atoms with Crippen molar-refractivity contribution >= 4 is 23.6 Å². The van der Waals surface area contributed by atoms with Crippen molar-refractivity contribution in [2.45, 2.75) is 31.2 Å². The lowest BCUT2D eigenvalue weighted by Crippen LogP contribution is -2.63. The molecule has 0 aromatic carbocycles. The van der Waals surface area contributed by atoms with Gasteiger partial charge in [-0.05, 0) is 13.5 Å². The van der Waals surface area contributed by atoms with Gasteiger partial charge in [0.25, 0.3) is 0 Å². The SMILES string of the molecule is C[C@H]1C(S[C@H]2COC[C@H]2CN)=C(C(=O)O)N2C(=O)[C@H]([C@@H](C)O)C12. The molecule has 0 aromatic heterocycles. The van der Waals surface area contributed by atoms with Gasteiger partial charge in [-0.3, -0.25) is 4.79 Å². The van der Waals surface area contributed by atoms with Gasteiger partial charge in [0.1, 0.15) is 5.70 Å². The molecule has 0 spiro atoms. The molecular weight excluding hydrogens is 320 g/mol. The van der Waals surface area contributed by atoms with E-state index in [1.54, 1.807) is 6.92 Å². The highest BCUT2D eigenvalue weighted by Crippen LogP contribution is 2.52. The molecule has 0 aromatic rings. The Bertz CT molecular complexity index is 564. The van der Waals surface area contributed by atoms with Crippen molar-refractivity contribution in [3.63, 3.8) is 0 Å². The predicted octanol–water partition coefficient (Wildman–Crippen LogP) is -0.153. The molecule has 3 aliphatic heterocycles. The van der Waals surface area contributed by atoms with E-state index in [9.17, 15) is 19.8 Å². The number of carboxylic acids is 1. The fraction of sp³-hybridized carbons (Fsp3) is 0.733. The third-order valence-corrected chi connectivity index (χ3v) is 6.67. The normalized spacial score (nSPS) is 37.8. The number of carbonyl (C=O) groups excluding carboxylic acids is 1. The molecule has 0 aliphatic carbocycles. The highest BCUT2D eigenvalue weighted by atomic mass is 32.2. The summed E-state index contributed by atoms with van der Waals surface area (Å²) < 4.78 is 5.46. The molecule has 0 bridgehead atoms. The Kier molecular flexibility index (Phi) is 4.43. The summed E-state index contributed by atoms with van der Waals surface area (Å²) in [6.45, 7) is 5.11. The highest BCUT2D eigenvalue weighted by Gasteiger charge is 2.60. The van der Waals surface area contributed by atoms with Crippen molar-refractivity contribution in [1.29, 1.82) is 0 Å². The van der Waals surface area contributed by atoms with E-state index in [0.29, 0.717) is 24.7 Å². The smallest absolute Gasteiger partial charge is 0.353 e. The lowest BCUT2D eigenvalue weighted by atomic mass is 9.79. The zero-order chi connectivity index (χ0) is 16.9. The monoisotopic (exact) mass is 342 g/mol. The summed E-state index contributed by atoms with van der Waals surface area (Å²) >= 11 is 1.47. The number of carbonyl (C=O) groups is 2. The Labute approximate surface area is 138 Å². The second-order valence-corrected chi connectivity index (χ2v) is 7.74. The van der Waals surface area contributed by atoms with E-state index in [2.05, 4.69) is 0 Å². The van der Waals surface area contributed by atoms with Gasteiger partial charge >= 0.3 is 5.97 Å². The number of aliphatic hydroxyl groups is 1. The van der Waals surface area contributed by atoms with Crippen LogP contribution in [0.2, 0.25) is 0 Å². The molecule has 0 radical (unpaired) electrons. The van der Waals surface area contributed by atoms with Gasteiger partial charge in [-0.1, -0.05) is 6.92 Å². The Morgan fingerprint density at radius 1 is 1.52 bits per heavy atom. The van der Waals surface area contributed by atoms with Crippen LogP contribution in [-0.4, -0.2) is 64.1 Å². The van der Waals surface area contributed by atoms with Crippen molar-refractivity contribution in [3.8, 4) is 0 Å². The Hall–Kier alpha value is -1.09. The Morgan fingerprint density at radius 2 is 2.22 bits per heavy atom. The number of rotatable bonds is 5. The number of nitrogens with two attached hydrogens (primary N) is 1. The summed E-state index contributed by atoms with van der Waals surface area (Å²) in [6.07, 6.45) is -0.780. The quantitative estimate of drug-likeness (QED) is 0.595. The van der Waals surface area contributed by atoms with Crippen LogP contribution in [-0.2, 0) is 14.3 Å². The van der Waals surface area contributed by atoms with Gasteiger partial charge in [0.15, 0.2) is 0 Å². The van der Waals surface area contributed by atoms with Crippen LogP contribution in [0.15, 0.2) is 10.6 Å². The van der Waals surface area contributed by atoms with E-state index >= 15 is 0 Å². The minimum absolute atomic E-state index is 0.0667. The van der Waals surface area contributed by atoms with E-state index in [1.165, 1.54) is 16.7 Å². The van der Waals surface area contributed by atoms with Gasteiger partial charge in [-0.15, -0.1) is 11.8 Å². The Balaban J connectivity index is 1.89. The van der Waals surface area contributed by atoms with Crippen molar-refractivity contribution in [2.24, 2.45) is 23.5 Å². The molecule has 2 fully saturated rings. The molecule has 6 atom stereocenters. The maximum Gasteiger partial charge on any atom is 0.353 e. The summed E-state index contributed by atoms with van der Waals surface area (Å²) in [5.74, 6) is -1.85. The van der Waals surface area contributed by atoms with Crippen molar-refractivity contribution in [2.75, 3.05) is 19.8 Å². The number of hydrogen-bond donors (Lipinski definition) is 3. The van der Waals surface area contributed by atoms with Gasteiger partial charge in [0, 0.05) is 22.0 Å². The van der Waals surface area contributed by atoms with Crippen LogP contribution in [0.5, 0.6) is 0 Å². The van der Waals surface area contributed by atoms with E-state index in [0.717, 1.165) is 0 Å². The third-order valence-electron chi connectivity index (χ3n) is 5.03. The summed E-state index contributed by atoms with van der Waals surface area (Å²) in [6, 6.07) is -0.269. The second kappa shape index (κ2) is 6.08. The standard InChI is InChI=1S/C15H22N2O5S/c1-6-11-10(7(2)18)14(19)17(11)12(15(20)21)13(6)23-9-5-22-4-8(9)3-16/h6-11,18H,3-5,16H2,1-2H3,(H,20,21)/t6-,7-,8-,9+,10-,11?/m1/s1. The van der Waals surface area contributed by atoms with E-state index in [1.807, 2.05) is 6.92 Å². The molecule has 4 N–H and O–H groups in total. The van der Waals surface area contributed by atoms with Crippen LogP contribution in [0.1, 0.15) is 13.8 Å². The first-order valence-corrected chi connectivity index (χ1v) is 8.69. The van der Waals surface area contributed by atoms with E-state index < -0.39 is 18.0 Å². The first-order chi connectivity index (χ1) is 10.9. The molecule has 3 heterocycles. The molecule has 3 rings (SSSR count). The van der Waals surface area contributed by atoms with Crippen LogP contribution < -0.4 is 5.73 Å². The fourth-order valence-corrected chi connectivity index (χ4v) is 5.29. The number of fused-ring (bicyclic) bond motifs is 1. The van der Waals surface area contributed by atoms with Crippen molar-refractivity contribution < 1.29 is 24.5 Å². The number of hydrogen-bond acceptors (Lipinski definition) is 6. The molecule has 3 aliphatic rings. The average Bonchev–Trinajstić information content (AvgIpc) is 3.01. The minimum atomic E-state index is -1.09. The second-order valence-electron chi connectivity index (χ2n) is 6.46. The number of ether oxygens (including phenoxy) is 1. The van der Waals surface area contributed by atoms with Gasteiger partial charge in [-0.25, -0.2) is 4.79 Å². The maximum atomic E-state index is 12.3. The molecule has 7 nitrogen and oxygen atoms in total. The van der Waals surface area contributed by atoms with Crippen molar-refractivity contribution in [3.05, 3.63) is 10.6 Å². The number of nitrogens with zero attached hydrogens (tertiary/aromatic N) is 1. The average molecular weight is 342 g/mol. The molecule has 1 unspecified atom stereocenters. The summed E-state index contributed by atoms with van der Waals surface area (Å²) in [5.41, 5.74) is 5.82. The number of amides is 1. The van der Waals surface area contributed by atoms with Crippen LogP contribution >= 0.6 is 11.8 Å². The number of aliphatic carboxylic acids is 1. The van der Waals surface area contributed by atoms with Crippen LogP contribution in [0.3, 0.4) is 0 Å². The molecular formula is C15H22N2O5S. The zero-order valence-corrected chi connectivity index (χ0v) is 14.0. The lowest BCUT2D eigenvalue weighted by Gasteiger charge is -2.46. The summed E-state index contributed by atoms with van der Waals surface area (Å²) in [4.78, 5) is 26.0. The first-order valence-electron chi connectivity index (χ1n) is 7.81. The fourth-order valence-electron chi connectivity index (χ4n) is 3.77. The van der Waals surface area contributed by atoms with Gasteiger partial charge in [-0.2, -0.15) is 0 Å². The largest absolute Gasteiger partial charge is 0.477 e. The van der Waals surface area contributed by atoms with Gasteiger partial charge in [0.05, 0.1) is 31.3 Å². The number of β-lactam (4-membered cyclic amide) rings is 1. The predicted molar refractivity (Wildman–Crippen MR) is 84.4 cm³/mol. The van der Waals surface area contributed by atoms with Crippen molar-refractivity contribution in [1.82, 2.24) is 4.90 Å². The molecule has 8 heteroatoms. The van der Waals surface area contributed by atoms with Crippen LogP contribution in [0, 0.1) is 17.8 Å². The Morgan fingerprint density at radius 3 is 2.78 bits per heavy atom.